The highest BCUT2D eigenvalue weighted by Gasteiger charge is 2.36. The Hall–Kier alpha value is -3.30. The monoisotopic (exact) mass is 466 g/mol. The first-order valence-electron chi connectivity index (χ1n) is 10.7. The number of nitrogens with one attached hydrogen (secondary N) is 2. The molecule has 2 N–H and O–H groups in total. The molecule has 8 nitrogen and oxygen atoms in total. The zero-order valence-electron chi connectivity index (χ0n) is 18.8. The molecule has 1 aliphatic rings. The minimum Gasteiger partial charge on any atom is -0.356 e. The van der Waals surface area contributed by atoms with Crippen LogP contribution in [0.15, 0.2) is 48.7 Å². The van der Waals surface area contributed by atoms with Gasteiger partial charge in [-0.05, 0) is 37.1 Å². The smallest absolute Gasteiger partial charge is 0.222 e. The van der Waals surface area contributed by atoms with E-state index in [2.05, 4.69) is 15.3 Å². The molecule has 9 heteroatoms. The average molecular weight is 467 g/mol. The van der Waals surface area contributed by atoms with Gasteiger partial charge < -0.3 is 10.3 Å². The number of Topliss-reactive ketones (excluding diaryl/α,β-unsaturated/α-hetero) is 1. The van der Waals surface area contributed by atoms with Gasteiger partial charge in [-0.2, -0.15) is 4.31 Å². The van der Waals surface area contributed by atoms with Crippen molar-refractivity contribution in [1.82, 2.24) is 14.3 Å². The molecule has 4 rings (SSSR count). The Morgan fingerprint density at radius 2 is 1.91 bits per heavy atom. The molecule has 0 fully saturated rings. The van der Waals surface area contributed by atoms with Crippen molar-refractivity contribution < 1.29 is 18.0 Å². The molecule has 1 amide bonds. The zero-order valence-corrected chi connectivity index (χ0v) is 19.6. The Kier molecular flexibility index (Phi) is 6.18. The van der Waals surface area contributed by atoms with Gasteiger partial charge in [0.1, 0.15) is 5.82 Å². The lowest BCUT2D eigenvalue weighted by molar-refractivity contribution is -0.114. The second-order valence-electron chi connectivity index (χ2n) is 8.39. The number of hydrogen-bond donors (Lipinski definition) is 2. The number of anilines is 1. The van der Waals surface area contributed by atoms with Crippen molar-refractivity contribution in [2.75, 3.05) is 11.9 Å². The van der Waals surface area contributed by atoms with Crippen LogP contribution in [-0.4, -0.2) is 46.2 Å². The summed E-state index contributed by atoms with van der Waals surface area (Å²) in [5.74, 6) is -0.0710. The first-order chi connectivity index (χ1) is 15.7. The minimum absolute atomic E-state index is 0.104. The van der Waals surface area contributed by atoms with Crippen molar-refractivity contribution in [3.8, 4) is 11.3 Å². The number of sulfonamides is 1. The van der Waals surface area contributed by atoms with E-state index in [9.17, 15) is 18.0 Å². The second kappa shape index (κ2) is 8.92. The third kappa shape index (κ3) is 4.60. The molecule has 1 aliphatic heterocycles. The van der Waals surface area contributed by atoms with E-state index in [0.717, 1.165) is 22.4 Å². The predicted octanol–water partition coefficient (Wildman–Crippen LogP) is 3.36. The maximum atomic E-state index is 13.2. The number of nitrogens with zero attached hydrogens (tertiary/aromatic N) is 2. The molecule has 3 heterocycles. The first kappa shape index (κ1) is 22.9. The maximum Gasteiger partial charge on any atom is 0.222 e. The number of aromatic nitrogens is 2. The molecule has 0 saturated carbocycles. The quantitative estimate of drug-likeness (QED) is 0.579. The summed E-state index contributed by atoms with van der Waals surface area (Å²) in [6, 6.07) is 13.3. The number of fused-ring (bicyclic) bond motifs is 1. The van der Waals surface area contributed by atoms with Gasteiger partial charge in [0.25, 0.3) is 0 Å². The number of ketones is 1. The highest BCUT2D eigenvalue weighted by atomic mass is 32.2. The van der Waals surface area contributed by atoms with Crippen LogP contribution in [0.5, 0.6) is 0 Å². The molecule has 33 heavy (non-hydrogen) atoms. The second-order valence-corrected chi connectivity index (χ2v) is 10.9. The van der Waals surface area contributed by atoms with Crippen molar-refractivity contribution in [2.24, 2.45) is 0 Å². The average Bonchev–Trinajstić information content (AvgIpc) is 3.13. The van der Waals surface area contributed by atoms with Gasteiger partial charge >= 0.3 is 0 Å². The van der Waals surface area contributed by atoms with Crippen LogP contribution in [0.3, 0.4) is 0 Å². The summed E-state index contributed by atoms with van der Waals surface area (Å²) < 4.78 is 26.7. The number of carbonyl (C=O) groups excluding carboxylic acids is 2. The maximum absolute atomic E-state index is 13.2. The summed E-state index contributed by atoms with van der Waals surface area (Å²) in [6.45, 7) is 4.55. The molecule has 1 aromatic carbocycles. The Bertz CT molecular complexity index is 1310. The van der Waals surface area contributed by atoms with Gasteiger partial charge in [0.15, 0.2) is 5.78 Å². The number of hydrogen-bond acceptors (Lipinski definition) is 5. The topological polar surface area (TPSA) is 112 Å². The van der Waals surface area contributed by atoms with Crippen molar-refractivity contribution in [1.29, 1.82) is 0 Å². The van der Waals surface area contributed by atoms with E-state index in [1.165, 1.54) is 11.2 Å². The van der Waals surface area contributed by atoms with E-state index in [0.29, 0.717) is 23.5 Å². The van der Waals surface area contributed by atoms with Crippen LogP contribution in [0.4, 0.5) is 5.82 Å². The Morgan fingerprint density at radius 1 is 1.18 bits per heavy atom. The summed E-state index contributed by atoms with van der Waals surface area (Å²) in [5, 5.41) is 2.06. The van der Waals surface area contributed by atoms with Gasteiger partial charge in [0.2, 0.25) is 15.9 Å². The molecular weight excluding hydrogens is 440 g/mol. The van der Waals surface area contributed by atoms with Crippen molar-refractivity contribution in [3.63, 3.8) is 0 Å². The van der Waals surface area contributed by atoms with Gasteiger partial charge in [-0.3, -0.25) is 9.59 Å². The molecule has 0 radical (unpaired) electrons. The van der Waals surface area contributed by atoms with Crippen LogP contribution in [0.25, 0.3) is 11.3 Å². The minimum atomic E-state index is -3.59. The van der Waals surface area contributed by atoms with Crippen LogP contribution in [0.1, 0.15) is 48.0 Å². The zero-order chi connectivity index (χ0) is 23.8. The van der Waals surface area contributed by atoms with Crippen LogP contribution in [0.2, 0.25) is 0 Å². The van der Waals surface area contributed by atoms with Crippen molar-refractivity contribution >= 4 is 27.5 Å². The lowest BCUT2D eigenvalue weighted by atomic mass is 9.94. The lowest BCUT2D eigenvalue weighted by Crippen LogP contribution is -2.42. The number of carbonyl (C=O) groups is 2. The number of amides is 1. The number of pyridine rings is 1. The fourth-order valence-corrected chi connectivity index (χ4v) is 5.26. The van der Waals surface area contributed by atoms with Gasteiger partial charge in [-0.25, -0.2) is 13.4 Å². The fourth-order valence-electron chi connectivity index (χ4n) is 4.06. The van der Waals surface area contributed by atoms with Gasteiger partial charge in [0, 0.05) is 36.4 Å². The molecular formula is C24H26N4O4S. The molecule has 0 atom stereocenters. The highest BCUT2D eigenvalue weighted by molar-refractivity contribution is 7.89. The standard InChI is InChI=1S/C24H26N4O4S/c1-15(2)33(31,32)28-13-20-23(21(30)14-28)19(11-17-7-5-4-6-8-17)24(27-20)18-9-10-25-22(12-18)26-16(3)29/h4-10,12,15,27H,11,13-14H2,1-3H3,(H,25,26,29). The van der Waals surface area contributed by atoms with E-state index >= 15 is 0 Å². The molecule has 3 aromatic rings. The van der Waals surface area contributed by atoms with Crippen LogP contribution in [-0.2, 0) is 27.8 Å². The van der Waals surface area contributed by atoms with Gasteiger partial charge in [-0.15, -0.1) is 0 Å². The summed E-state index contributed by atoms with van der Waals surface area (Å²) >= 11 is 0. The largest absolute Gasteiger partial charge is 0.356 e. The summed E-state index contributed by atoms with van der Waals surface area (Å²) in [6.07, 6.45) is 2.09. The van der Waals surface area contributed by atoms with Crippen molar-refractivity contribution in [3.05, 3.63) is 71.0 Å². The van der Waals surface area contributed by atoms with Crippen LogP contribution < -0.4 is 5.32 Å². The van der Waals surface area contributed by atoms with Crippen LogP contribution in [0, 0.1) is 0 Å². The number of aromatic amines is 1. The predicted molar refractivity (Wildman–Crippen MR) is 126 cm³/mol. The fraction of sp³-hybridized carbons (Fsp3) is 0.292. The van der Waals surface area contributed by atoms with Gasteiger partial charge in [0.05, 0.1) is 24.0 Å². The van der Waals surface area contributed by atoms with Crippen molar-refractivity contribution in [2.45, 2.75) is 39.0 Å². The SMILES string of the molecule is CC(=O)Nc1cc(-c2[nH]c3c(c2Cc2ccccc2)C(=O)CN(S(=O)(=O)C(C)C)C3)ccn1. The third-order valence-corrected chi connectivity index (χ3v) is 7.82. The van der Waals surface area contributed by atoms with Crippen LogP contribution >= 0.6 is 0 Å². The normalized spacial score (nSPS) is 14.4. The molecule has 2 aromatic heterocycles. The summed E-state index contributed by atoms with van der Waals surface area (Å²) in [4.78, 5) is 32.2. The van der Waals surface area contributed by atoms with E-state index in [1.54, 1.807) is 32.2 Å². The molecule has 0 aliphatic carbocycles. The summed E-state index contributed by atoms with van der Waals surface area (Å²) in [7, 11) is -3.59. The highest BCUT2D eigenvalue weighted by Crippen LogP contribution is 2.35. The Morgan fingerprint density at radius 3 is 2.58 bits per heavy atom. The molecule has 0 bridgehead atoms. The molecule has 0 spiro atoms. The Balaban J connectivity index is 1.84. The van der Waals surface area contributed by atoms with E-state index in [1.807, 2.05) is 30.3 Å². The number of rotatable bonds is 6. The third-order valence-electron chi connectivity index (χ3n) is 5.65. The number of H-pyrrole nitrogens is 1. The van der Waals surface area contributed by atoms with E-state index in [4.69, 9.17) is 0 Å². The Labute approximate surface area is 193 Å². The molecule has 0 saturated heterocycles. The lowest BCUT2D eigenvalue weighted by Gasteiger charge is -2.27. The molecule has 0 unspecified atom stereocenters. The first-order valence-corrected chi connectivity index (χ1v) is 12.2. The summed E-state index contributed by atoms with van der Waals surface area (Å²) in [5.41, 5.74) is 4.43. The molecule has 172 valence electrons. The van der Waals surface area contributed by atoms with E-state index < -0.39 is 15.3 Å². The van der Waals surface area contributed by atoms with Gasteiger partial charge in [-0.1, -0.05) is 30.3 Å². The number of benzene rings is 1. The van der Waals surface area contributed by atoms with E-state index in [-0.39, 0.29) is 24.8 Å².